The van der Waals surface area contributed by atoms with E-state index in [0.717, 1.165) is 43.1 Å². The molecule has 0 bridgehead atoms. The molecule has 0 aliphatic carbocycles. The van der Waals surface area contributed by atoms with Crippen LogP contribution in [0.4, 0.5) is 0 Å². The second-order valence-electron chi connectivity index (χ2n) is 7.18. The van der Waals surface area contributed by atoms with Crippen molar-refractivity contribution in [2.24, 2.45) is 0 Å². The van der Waals surface area contributed by atoms with Crippen molar-refractivity contribution < 1.29 is 9.53 Å². The lowest BCUT2D eigenvalue weighted by Gasteiger charge is -2.32. The number of amides is 1. The number of aryl methyl sites for hydroxylation is 1. The molecule has 0 radical (unpaired) electrons. The molecule has 1 aliphatic heterocycles. The SMILES string of the molecule is Cc1cccc2cc(Oc3ccc(C(=O)N4CCN(C)CC4)cc3)ccc12. The van der Waals surface area contributed by atoms with Gasteiger partial charge in [0.15, 0.2) is 0 Å². The van der Waals surface area contributed by atoms with Gasteiger partial charge >= 0.3 is 0 Å². The fourth-order valence-corrected chi connectivity index (χ4v) is 3.48. The Bertz CT molecular complexity index is 958. The summed E-state index contributed by atoms with van der Waals surface area (Å²) in [5.41, 5.74) is 1.96. The molecule has 0 N–H and O–H groups in total. The van der Waals surface area contributed by atoms with Crippen LogP contribution >= 0.6 is 0 Å². The zero-order chi connectivity index (χ0) is 18.8. The quantitative estimate of drug-likeness (QED) is 0.697. The largest absolute Gasteiger partial charge is 0.457 e. The van der Waals surface area contributed by atoms with Crippen LogP contribution in [0.1, 0.15) is 15.9 Å². The number of nitrogens with zero attached hydrogens (tertiary/aromatic N) is 2. The average Bonchev–Trinajstić information content (AvgIpc) is 2.69. The molecule has 4 nitrogen and oxygen atoms in total. The topological polar surface area (TPSA) is 32.8 Å². The first-order chi connectivity index (χ1) is 13.1. The van der Waals surface area contributed by atoms with E-state index < -0.39 is 0 Å². The van der Waals surface area contributed by atoms with Gasteiger partial charge in [-0.1, -0.05) is 24.3 Å². The Morgan fingerprint density at radius 2 is 1.59 bits per heavy atom. The van der Waals surface area contributed by atoms with E-state index in [4.69, 9.17) is 4.74 Å². The molecule has 1 amide bonds. The van der Waals surface area contributed by atoms with Gasteiger partial charge in [0.1, 0.15) is 11.5 Å². The fourth-order valence-electron chi connectivity index (χ4n) is 3.48. The molecule has 27 heavy (non-hydrogen) atoms. The average molecular weight is 360 g/mol. The van der Waals surface area contributed by atoms with Crippen molar-refractivity contribution in [1.29, 1.82) is 0 Å². The van der Waals surface area contributed by atoms with Crippen molar-refractivity contribution >= 4 is 16.7 Å². The third-order valence-electron chi connectivity index (χ3n) is 5.20. The summed E-state index contributed by atoms with van der Waals surface area (Å²) < 4.78 is 5.99. The molecular weight excluding hydrogens is 336 g/mol. The second-order valence-corrected chi connectivity index (χ2v) is 7.18. The molecule has 0 spiro atoms. The summed E-state index contributed by atoms with van der Waals surface area (Å²) in [7, 11) is 2.09. The Labute approximate surface area is 160 Å². The molecule has 0 saturated carbocycles. The molecule has 0 aromatic heterocycles. The summed E-state index contributed by atoms with van der Waals surface area (Å²) >= 11 is 0. The highest BCUT2D eigenvalue weighted by molar-refractivity contribution is 5.94. The summed E-state index contributed by atoms with van der Waals surface area (Å²) in [5, 5.41) is 2.40. The van der Waals surface area contributed by atoms with Gasteiger partial charge in [-0.2, -0.15) is 0 Å². The van der Waals surface area contributed by atoms with Crippen molar-refractivity contribution in [1.82, 2.24) is 9.80 Å². The van der Waals surface area contributed by atoms with Crippen LogP contribution in [0.3, 0.4) is 0 Å². The van der Waals surface area contributed by atoms with E-state index in [-0.39, 0.29) is 5.91 Å². The van der Waals surface area contributed by atoms with E-state index in [1.165, 1.54) is 10.9 Å². The van der Waals surface area contributed by atoms with E-state index in [2.05, 4.69) is 43.1 Å². The minimum absolute atomic E-state index is 0.0934. The molecule has 1 aliphatic rings. The van der Waals surface area contributed by atoms with Crippen LogP contribution < -0.4 is 4.74 Å². The zero-order valence-corrected chi connectivity index (χ0v) is 15.8. The minimum atomic E-state index is 0.0934. The van der Waals surface area contributed by atoms with Crippen LogP contribution in [0.25, 0.3) is 10.8 Å². The van der Waals surface area contributed by atoms with Crippen LogP contribution in [0.15, 0.2) is 60.7 Å². The Kier molecular flexibility index (Phi) is 4.82. The van der Waals surface area contributed by atoms with Gasteiger partial charge in [0, 0.05) is 31.7 Å². The van der Waals surface area contributed by atoms with Gasteiger partial charge in [0.2, 0.25) is 0 Å². The molecule has 3 aromatic rings. The number of ether oxygens (including phenoxy) is 1. The summed E-state index contributed by atoms with van der Waals surface area (Å²) in [4.78, 5) is 16.8. The molecule has 4 heteroatoms. The monoisotopic (exact) mass is 360 g/mol. The predicted molar refractivity (Wildman–Crippen MR) is 109 cm³/mol. The minimum Gasteiger partial charge on any atom is -0.457 e. The molecule has 1 fully saturated rings. The number of carbonyl (C=O) groups is 1. The van der Waals surface area contributed by atoms with Crippen LogP contribution in [-0.4, -0.2) is 48.9 Å². The number of benzene rings is 3. The molecular formula is C23H24N2O2. The summed E-state index contributed by atoms with van der Waals surface area (Å²) in [6, 6.07) is 19.8. The predicted octanol–water partition coefficient (Wildman–Crippen LogP) is 4.33. The van der Waals surface area contributed by atoms with Gasteiger partial charge in [0.25, 0.3) is 5.91 Å². The van der Waals surface area contributed by atoms with Crippen molar-refractivity contribution in [2.45, 2.75) is 6.92 Å². The number of hydrogen-bond donors (Lipinski definition) is 0. The van der Waals surface area contributed by atoms with Crippen molar-refractivity contribution in [2.75, 3.05) is 33.2 Å². The van der Waals surface area contributed by atoms with Crippen LogP contribution in [-0.2, 0) is 0 Å². The lowest BCUT2D eigenvalue weighted by molar-refractivity contribution is 0.0664. The summed E-state index contributed by atoms with van der Waals surface area (Å²) in [6.45, 7) is 5.52. The molecule has 4 rings (SSSR count). The first-order valence-electron chi connectivity index (χ1n) is 9.35. The number of likely N-dealkylation sites (N-methyl/N-ethyl adjacent to an activating group) is 1. The lowest BCUT2D eigenvalue weighted by Crippen LogP contribution is -2.47. The van der Waals surface area contributed by atoms with Gasteiger partial charge in [-0.15, -0.1) is 0 Å². The van der Waals surface area contributed by atoms with E-state index in [9.17, 15) is 4.79 Å². The molecule has 0 unspecified atom stereocenters. The maximum atomic E-state index is 12.6. The fraction of sp³-hybridized carbons (Fsp3) is 0.261. The first-order valence-corrected chi connectivity index (χ1v) is 9.35. The maximum Gasteiger partial charge on any atom is 0.253 e. The molecule has 0 atom stereocenters. The van der Waals surface area contributed by atoms with E-state index in [0.29, 0.717) is 5.56 Å². The Morgan fingerprint density at radius 3 is 2.33 bits per heavy atom. The Hall–Kier alpha value is -2.85. The van der Waals surface area contributed by atoms with Gasteiger partial charge in [-0.05, 0) is 66.7 Å². The zero-order valence-electron chi connectivity index (χ0n) is 15.8. The number of carbonyl (C=O) groups excluding carboxylic acids is 1. The molecule has 138 valence electrons. The first kappa shape index (κ1) is 17.6. The molecule has 1 heterocycles. The molecule has 1 saturated heterocycles. The second kappa shape index (κ2) is 7.41. The van der Waals surface area contributed by atoms with Crippen molar-refractivity contribution in [3.05, 3.63) is 71.8 Å². The van der Waals surface area contributed by atoms with Crippen molar-refractivity contribution in [3.8, 4) is 11.5 Å². The van der Waals surface area contributed by atoms with Crippen LogP contribution in [0.2, 0.25) is 0 Å². The van der Waals surface area contributed by atoms with Crippen LogP contribution in [0, 0.1) is 6.92 Å². The third-order valence-corrected chi connectivity index (χ3v) is 5.20. The maximum absolute atomic E-state index is 12.6. The highest BCUT2D eigenvalue weighted by Crippen LogP contribution is 2.27. The van der Waals surface area contributed by atoms with E-state index >= 15 is 0 Å². The van der Waals surface area contributed by atoms with Crippen molar-refractivity contribution in [3.63, 3.8) is 0 Å². The number of rotatable bonds is 3. The normalized spacial score (nSPS) is 15.1. The lowest BCUT2D eigenvalue weighted by atomic mass is 10.1. The van der Waals surface area contributed by atoms with Gasteiger partial charge < -0.3 is 14.5 Å². The summed E-state index contributed by atoms with van der Waals surface area (Å²) in [5.74, 6) is 1.62. The summed E-state index contributed by atoms with van der Waals surface area (Å²) in [6.07, 6.45) is 0. The Balaban J connectivity index is 1.47. The Morgan fingerprint density at radius 1 is 0.889 bits per heavy atom. The molecule has 3 aromatic carbocycles. The van der Waals surface area contributed by atoms with Gasteiger partial charge in [-0.3, -0.25) is 4.79 Å². The standard InChI is InChI=1S/C23H24N2O2/c1-17-4-3-5-19-16-21(10-11-22(17)19)27-20-8-6-18(7-9-20)23(26)25-14-12-24(2)13-15-25/h3-11,16H,12-15H2,1-2H3. The van der Waals surface area contributed by atoms with Gasteiger partial charge in [0.05, 0.1) is 0 Å². The highest BCUT2D eigenvalue weighted by atomic mass is 16.5. The number of piperazine rings is 1. The van der Waals surface area contributed by atoms with E-state index in [1.54, 1.807) is 0 Å². The van der Waals surface area contributed by atoms with Gasteiger partial charge in [-0.25, -0.2) is 0 Å². The van der Waals surface area contributed by atoms with E-state index in [1.807, 2.05) is 41.3 Å². The number of fused-ring (bicyclic) bond motifs is 1. The third kappa shape index (κ3) is 3.81. The smallest absolute Gasteiger partial charge is 0.253 e. The van der Waals surface area contributed by atoms with Crippen LogP contribution in [0.5, 0.6) is 11.5 Å². The number of hydrogen-bond acceptors (Lipinski definition) is 3. The highest BCUT2D eigenvalue weighted by Gasteiger charge is 2.20.